The number of anilines is 1. The number of carbonyl (C=O) groups is 2. The Hall–Kier alpha value is -2.44. The minimum atomic E-state index is -0.462. The summed E-state index contributed by atoms with van der Waals surface area (Å²) in [5, 5.41) is 16.7. The van der Waals surface area contributed by atoms with Crippen molar-refractivity contribution in [1.82, 2.24) is 5.32 Å². The molecule has 2 N–H and O–H groups in total. The fourth-order valence-electron chi connectivity index (χ4n) is 5.97. The molecular weight excluding hydrogens is 358 g/mol. The Morgan fingerprint density at radius 3 is 2.32 bits per heavy atom. The number of amides is 2. The third-order valence-electron chi connectivity index (χ3n) is 6.85. The van der Waals surface area contributed by atoms with Crippen LogP contribution in [0.3, 0.4) is 0 Å². The van der Waals surface area contributed by atoms with Gasteiger partial charge in [0.25, 0.3) is 5.69 Å². The maximum Gasteiger partial charge on any atom is 0.274 e. The number of nitro groups is 1. The highest BCUT2D eigenvalue weighted by Gasteiger charge is 2.54. The lowest BCUT2D eigenvalue weighted by Crippen LogP contribution is -2.53. The molecule has 0 aliphatic heterocycles. The van der Waals surface area contributed by atoms with Crippen molar-refractivity contribution < 1.29 is 14.5 Å². The number of benzene rings is 1. The molecule has 2 amide bonds. The van der Waals surface area contributed by atoms with Crippen LogP contribution in [0.1, 0.15) is 50.5 Å². The number of nitro benzene ring substituents is 1. The molecule has 0 saturated heterocycles. The average molecular weight is 385 g/mol. The second-order valence-corrected chi connectivity index (χ2v) is 9.01. The fraction of sp³-hybridized carbons (Fsp3) is 0.619. The molecule has 4 aliphatic rings. The van der Waals surface area contributed by atoms with E-state index in [1.54, 1.807) is 19.1 Å². The van der Waals surface area contributed by atoms with E-state index in [1.165, 1.54) is 25.3 Å². The van der Waals surface area contributed by atoms with Crippen LogP contribution in [0.4, 0.5) is 11.4 Å². The van der Waals surface area contributed by atoms with Crippen LogP contribution in [0.2, 0.25) is 0 Å². The van der Waals surface area contributed by atoms with E-state index in [4.69, 9.17) is 0 Å². The summed E-state index contributed by atoms with van der Waals surface area (Å²) in [5.74, 6) is 1.97. The lowest BCUT2D eigenvalue weighted by Gasteiger charge is -2.55. The van der Waals surface area contributed by atoms with Gasteiger partial charge in [-0.15, -0.1) is 0 Å². The van der Waals surface area contributed by atoms with Gasteiger partial charge in [0.1, 0.15) is 0 Å². The van der Waals surface area contributed by atoms with Crippen molar-refractivity contribution in [2.75, 3.05) is 11.9 Å². The van der Waals surface area contributed by atoms with Crippen molar-refractivity contribution >= 4 is 23.2 Å². The molecule has 0 heterocycles. The molecule has 28 heavy (non-hydrogen) atoms. The molecule has 0 radical (unpaired) electrons. The zero-order chi connectivity index (χ0) is 19.9. The van der Waals surface area contributed by atoms with Gasteiger partial charge < -0.3 is 10.6 Å². The Bertz CT molecular complexity index is 785. The van der Waals surface area contributed by atoms with Crippen molar-refractivity contribution in [2.45, 2.75) is 51.9 Å². The monoisotopic (exact) mass is 385 g/mol. The van der Waals surface area contributed by atoms with E-state index in [1.807, 2.05) is 0 Å². The molecular formula is C21H27N3O4. The zero-order valence-electron chi connectivity index (χ0n) is 16.2. The van der Waals surface area contributed by atoms with E-state index in [2.05, 4.69) is 10.6 Å². The van der Waals surface area contributed by atoms with Crippen molar-refractivity contribution in [1.29, 1.82) is 0 Å². The van der Waals surface area contributed by atoms with Gasteiger partial charge in [0.05, 0.1) is 4.92 Å². The first-order valence-corrected chi connectivity index (χ1v) is 10.2. The summed E-state index contributed by atoms with van der Waals surface area (Å²) in [6.45, 7) is 1.95. The third-order valence-corrected chi connectivity index (χ3v) is 6.85. The number of rotatable bonds is 6. The Balaban J connectivity index is 1.28. The molecule has 4 saturated carbocycles. The Labute approximate surface area is 164 Å². The smallest absolute Gasteiger partial charge is 0.274 e. The largest absolute Gasteiger partial charge is 0.355 e. The Kier molecular flexibility index (Phi) is 4.85. The normalized spacial score (nSPS) is 30.1. The number of hydrogen-bond donors (Lipinski definition) is 2. The molecule has 4 bridgehead atoms. The van der Waals surface area contributed by atoms with E-state index in [9.17, 15) is 19.7 Å². The Morgan fingerprint density at radius 2 is 1.75 bits per heavy atom. The molecule has 4 fully saturated rings. The number of carbonyl (C=O) groups excluding carboxylic acids is 2. The number of aryl methyl sites for hydroxylation is 1. The van der Waals surface area contributed by atoms with Crippen molar-refractivity contribution in [3.63, 3.8) is 0 Å². The van der Waals surface area contributed by atoms with Crippen LogP contribution in [0.15, 0.2) is 18.2 Å². The van der Waals surface area contributed by atoms with Gasteiger partial charge in [0.2, 0.25) is 11.8 Å². The Morgan fingerprint density at radius 1 is 1.14 bits per heavy atom. The van der Waals surface area contributed by atoms with Gasteiger partial charge in [0.15, 0.2) is 0 Å². The highest BCUT2D eigenvalue weighted by molar-refractivity contribution is 5.91. The number of nitrogens with zero attached hydrogens (tertiary/aromatic N) is 1. The predicted octanol–water partition coefficient (Wildman–Crippen LogP) is 3.56. The summed E-state index contributed by atoms with van der Waals surface area (Å²) in [6, 6.07) is 4.62. The van der Waals surface area contributed by atoms with E-state index in [0.29, 0.717) is 35.5 Å². The van der Waals surface area contributed by atoms with Crippen molar-refractivity contribution in [2.24, 2.45) is 23.2 Å². The van der Waals surface area contributed by atoms with Gasteiger partial charge in [-0.2, -0.15) is 0 Å². The van der Waals surface area contributed by atoms with Crippen molar-refractivity contribution in [3.05, 3.63) is 33.9 Å². The first kappa shape index (κ1) is 18.9. The van der Waals surface area contributed by atoms with Crippen LogP contribution >= 0.6 is 0 Å². The summed E-state index contributed by atoms with van der Waals surface area (Å²) in [4.78, 5) is 35.6. The van der Waals surface area contributed by atoms with Gasteiger partial charge in [-0.25, -0.2) is 0 Å². The summed E-state index contributed by atoms with van der Waals surface area (Å²) < 4.78 is 0. The van der Waals surface area contributed by atoms with E-state index in [-0.39, 0.29) is 29.3 Å². The third kappa shape index (κ3) is 3.62. The minimum Gasteiger partial charge on any atom is -0.355 e. The maximum atomic E-state index is 12.9. The predicted molar refractivity (Wildman–Crippen MR) is 105 cm³/mol. The molecule has 150 valence electrons. The van der Waals surface area contributed by atoms with Crippen LogP contribution in [-0.4, -0.2) is 23.3 Å². The van der Waals surface area contributed by atoms with E-state index >= 15 is 0 Å². The lowest BCUT2D eigenvalue weighted by molar-refractivity contribution is -0.385. The summed E-state index contributed by atoms with van der Waals surface area (Å²) >= 11 is 0. The molecule has 1 aromatic carbocycles. The fourth-order valence-corrected chi connectivity index (χ4v) is 5.97. The van der Waals surface area contributed by atoms with E-state index in [0.717, 1.165) is 19.3 Å². The molecule has 7 nitrogen and oxygen atoms in total. The quantitative estimate of drug-likeness (QED) is 0.577. The molecule has 0 aromatic heterocycles. The molecule has 5 rings (SSSR count). The summed E-state index contributed by atoms with van der Waals surface area (Å²) in [6.07, 6.45) is 7.03. The molecule has 7 heteroatoms. The molecule has 0 spiro atoms. The summed E-state index contributed by atoms with van der Waals surface area (Å²) in [7, 11) is 0. The first-order valence-electron chi connectivity index (χ1n) is 10.2. The second kappa shape index (κ2) is 7.18. The van der Waals surface area contributed by atoms with Crippen LogP contribution in [0.5, 0.6) is 0 Å². The molecule has 1 aromatic rings. The standard InChI is InChI=1S/C21H27N3O4/c1-13-2-3-17(9-18(13)24(27)28)23-19(25)4-5-22-20(26)21-10-14-6-15(11-21)8-16(7-14)12-21/h2-3,9,14-16H,4-8,10-12H2,1H3,(H,22,26)(H,23,25). The van der Waals surface area contributed by atoms with Gasteiger partial charge in [0, 0.05) is 35.7 Å². The SMILES string of the molecule is Cc1ccc(NC(=O)CCNC(=O)C23CC4CC(CC(C4)C2)C3)cc1[N+](=O)[O-]. The summed E-state index contributed by atoms with van der Waals surface area (Å²) in [5.41, 5.74) is 0.719. The van der Waals surface area contributed by atoms with Gasteiger partial charge >= 0.3 is 0 Å². The van der Waals surface area contributed by atoms with Gasteiger partial charge in [-0.1, -0.05) is 6.07 Å². The lowest BCUT2D eigenvalue weighted by atomic mass is 9.49. The second-order valence-electron chi connectivity index (χ2n) is 9.01. The van der Waals surface area contributed by atoms with Crippen LogP contribution < -0.4 is 10.6 Å². The van der Waals surface area contributed by atoms with Crippen LogP contribution in [0, 0.1) is 40.2 Å². The molecule has 0 unspecified atom stereocenters. The minimum absolute atomic E-state index is 0.0204. The highest BCUT2D eigenvalue weighted by atomic mass is 16.6. The number of hydrogen-bond acceptors (Lipinski definition) is 4. The van der Waals surface area contributed by atoms with Crippen molar-refractivity contribution in [3.8, 4) is 0 Å². The number of nitrogens with one attached hydrogen (secondary N) is 2. The van der Waals surface area contributed by atoms with Gasteiger partial charge in [-0.3, -0.25) is 19.7 Å². The van der Waals surface area contributed by atoms with Crippen LogP contribution in [0.25, 0.3) is 0 Å². The zero-order valence-corrected chi connectivity index (χ0v) is 16.2. The van der Waals surface area contributed by atoms with E-state index < -0.39 is 4.92 Å². The van der Waals surface area contributed by atoms with Crippen LogP contribution in [-0.2, 0) is 9.59 Å². The average Bonchev–Trinajstić information content (AvgIpc) is 2.62. The first-order chi connectivity index (χ1) is 13.3. The molecule has 0 atom stereocenters. The maximum absolute atomic E-state index is 12.9. The highest BCUT2D eigenvalue weighted by Crippen LogP contribution is 2.60. The molecule has 4 aliphatic carbocycles. The van der Waals surface area contributed by atoms with Gasteiger partial charge in [-0.05, 0) is 69.3 Å². The topological polar surface area (TPSA) is 101 Å².